The molecule has 0 bridgehead atoms. The number of nitrogens with zero attached hydrogens (tertiary/aromatic N) is 6. The predicted molar refractivity (Wildman–Crippen MR) is 126 cm³/mol. The third kappa shape index (κ3) is 3.61. The Hall–Kier alpha value is -3.05. The van der Waals surface area contributed by atoms with Crippen LogP contribution in [-0.2, 0) is 0 Å². The number of nitriles is 1. The molecule has 4 rings (SSSR count). The molecule has 1 fully saturated rings. The van der Waals surface area contributed by atoms with Crippen LogP contribution in [0.15, 0.2) is 12.4 Å². The van der Waals surface area contributed by atoms with Crippen molar-refractivity contribution in [1.29, 1.82) is 5.26 Å². The Morgan fingerprint density at radius 2 is 2.09 bits per heavy atom. The number of nitrogen functional groups attached to an aromatic ring is 1. The molecule has 0 aliphatic carbocycles. The van der Waals surface area contributed by atoms with Gasteiger partial charge in [0.25, 0.3) is 0 Å². The fourth-order valence-corrected chi connectivity index (χ4v) is 4.82. The lowest BCUT2D eigenvalue weighted by Crippen LogP contribution is -2.47. The summed E-state index contributed by atoms with van der Waals surface area (Å²) in [6.07, 6.45) is 3.76. The minimum absolute atomic E-state index is 0.251. The van der Waals surface area contributed by atoms with E-state index in [1.54, 1.807) is 0 Å². The second-order valence-corrected chi connectivity index (χ2v) is 8.68. The first-order valence-corrected chi connectivity index (χ1v) is 11.4. The average Bonchev–Trinajstić information content (AvgIpc) is 3.08. The SMILES string of the molecule is CCCC1CN(c2c(C#N)c(Cl)cc(C(C)n3nc(C)c4c(N)ncnc43)c2OCC)C1. The van der Waals surface area contributed by atoms with Gasteiger partial charge in [0.15, 0.2) is 5.65 Å². The van der Waals surface area contributed by atoms with Crippen molar-refractivity contribution in [2.75, 3.05) is 30.3 Å². The molecule has 1 aliphatic heterocycles. The highest BCUT2D eigenvalue weighted by molar-refractivity contribution is 6.32. The van der Waals surface area contributed by atoms with Crippen LogP contribution in [0.4, 0.5) is 11.5 Å². The minimum Gasteiger partial charge on any atom is -0.491 e. The van der Waals surface area contributed by atoms with Gasteiger partial charge in [0.1, 0.15) is 24.0 Å². The normalized spacial score (nSPS) is 14.9. The number of fused-ring (bicyclic) bond motifs is 1. The second kappa shape index (κ2) is 8.83. The van der Waals surface area contributed by atoms with Gasteiger partial charge in [-0.3, -0.25) is 0 Å². The molecule has 9 heteroatoms. The van der Waals surface area contributed by atoms with Gasteiger partial charge in [0.2, 0.25) is 0 Å². The van der Waals surface area contributed by atoms with Gasteiger partial charge in [-0.2, -0.15) is 10.4 Å². The lowest BCUT2D eigenvalue weighted by molar-refractivity contribution is 0.324. The number of rotatable bonds is 7. The quantitative estimate of drug-likeness (QED) is 0.561. The number of nitrogens with two attached hydrogens (primary N) is 1. The molecule has 32 heavy (non-hydrogen) atoms. The van der Waals surface area contributed by atoms with Crippen molar-refractivity contribution >= 4 is 34.1 Å². The van der Waals surface area contributed by atoms with E-state index < -0.39 is 0 Å². The lowest BCUT2D eigenvalue weighted by Gasteiger charge is -2.42. The monoisotopic (exact) mass is 453 g/mol. The molecule has 0 saturated carbocycles. The minimum atomic E-state index is -0.251. The molecule has 0 radical (unpaired) electrons. The summed E-state index contributed by atoms with van der Waals surface area (Å²) in [5.74, 6) is 1.70. The van der Waals surface area contributed by atoms with Gasteiger partial charge >= 0.3 is 0 Å². The molecule has 3 heterocycles. The molecule has 1 unspecified atom stereocenters. The molecule has 3 aromatic rings. The van der Waals surface area contributed by atoms with E-state index in [9.17, 15) is 5.26 Å². The van der Waals surface area contributed by atoms with Gasteiger partial charge in [0.05, 0.1) is 40.0 Å². The molecule has 1 aliphatic rings. The van der Waals surface area contributed by atoms with E-state index in [2.05, 4.69) is 27.9 Å². The second-order valence-electron chi connectivity index (χ2n) is 8.27. The Labute approximate surface area is 192 Å². The topological polar surface area (TPSA) is 106 Å². The number of hydrogen-bond acceptors (Lipinski definition) is 7. The Kier molecular flexibility index (Phi) is 6.11. The molecular formula is C23H28ClN7O. The van der Waals surface area contributed by atoms with E-state index in [0.717, 1.165) is 41.8 Å². The molecule has 0 spiro atoms. The van der Waals surface area contributed by atoms with Gasteiger partial charge in [-0.1, -0.05) is 24.9 Å². The van der Waals surface area contributed by atoms with Crippen LogP contribution in [0.2, 0.25) is 5.02 Å². The van der Waals surface area contributed by atoms with Crippen molar-refractivity contribution in [2.45, 2.75) is 46.6 Å². The first kappa shape index (κ1) is 22.2. The largest absolute Gasteiger partial charge is 0.491 e. The van der Waals surface area contributed by atoms with Gasteiger partial charge in [-0.05, 0) is 39.2 Å². The molecule has 2 aromatic heterocycles. The number of ether oxygens (including phenoxy) is 1. The van der Waals surface area contributed by atoms with Crippen LogP contribution >= 0.6 is 11.6 Å². The summed E-state index contributed by atoms with van der Waals surface area (Å²) in [6, 6.07) is 3.86. The van der Waals surface area contributed by atoms with Gasteiger partial charge in [-0.25, -0.2) is 14.6 Å². The maximum Gasteiger partial charge on any atom is 0.164 e. The van der Waals surface area contributed by atoms with E-state index in [1.807, 2.05) is 31.5 Å². The Morgan fingerprint density at radius 3 is 2.75 bits per heavy atom. The highest BCUT2D eigenvalue weighted by Crippen LogP contribution is 2.46. The molecule has 1 saturated heterocycles. The van der Waals surface area contributed by atoms with Crippen LogP contribution < -0.4 is 15.4 Å². The molecule has 2 N–H and O–H groups in total. The zero-order valence-electron chi connectivity index (χ0n) is 18.9. The van der Waals surface area contributed by atoms with E-state index in [1.165, 1.54) is 12.7 Å². The summed E-state index contributed by atoms with van der Waals surface area (Å²) in [5, 5.41) is 15.7. The van der Waals surface area contributed by atoms with E-state index in [-0.39, 0.29) is 6.04 Å². The third-order valence-electron chi connectivity index (χ3n) is 6.12. The maximum absolute atomic E-state index is 9.89. The predicted octanol–water partition coefficient (Wildman–Crippen LogP) is 4.49. The van der Waals surface area contributed by atoms with E-state index in [4.69, 9.17) is 27.2 Å². The number of aryl methyl sites for hydroxylation is 1. The molecular weight excluding hydrogens is 426 g/mol. The van der Waals surface area contributed by atoms with Crippen molar-refractivity contribution in [1.82, 2.24) is 19.7 Å². The van der Waals surface area contributed by atoms with Gasteiger partial charge < -0.3 is 15.4 Å². The van der Waals surface area contributed by atoms with Crippen LogP contribution in [0.1, 0.15) is 56.5 Å². The summed E-state index contributed by atoms with van der Waals surface area (Å²) in [4.78, 5) is 10.7. The average molecular weight is 454 g/mol. The molecule has 168 valence electrons. The number of aromatic nitrogens is 4. The summed E-state index contributed by atoms with van der Waals surface area (Å²) in [7, 11) is 0. The van der Waals surface area contributed by atoms with Crippen molar-refractivity contribution in [3.8, 4) is 11.8 Å². The molecule has 0 amide bonds. The lowest BCUT2D eigenvalue weighted by atomic mass is 9.92. The van der Waals surface area contributed by atoms with Crippen LogP contribution in [-0.4, -0.2) is 39.4 Å². The number of hydrogen-bond donors (Lipinski definition) is 1. The van der Waals surface area contributed by atoms with Crippen LogP contribution in [0.3, 0.4) is 0 Å². The number of benzene rings is 1. The molecule has 8 nitrogen and oxygen atoms in total. The highest BCUT2D eigenvalue weighted by Gasteiger charge is 2.34. The Bertz CT molecular complexity index is 1190. The van der Waals surface area contributed by atoms with Crippen molar-refractivity contribution in [2.24, 2.45) is 5.92 Å². The standard InChI is InChI=1S/C23H28ClN7O/c1-5-7-15-10-30(11-15)20-17(9-25)18(24)8-16(21(20)32-6-2)14(4)31-23-19(13(3)29-31)22(26)27-12-28-23/h8,12,14-15H,5-7,10-11H2,1-4H3,(H2,26,27,28). The Morgan fingerprint density at radius 1 is 1.34 bits per heavy atom. The third-order valence-corrected chi connectivity index (χ3v) is 6.41. The number of halogens is 1. The van der Waals surface area contributed by atoms with Gasteiger partial charge in [-0.15, -0.1) is 0 Å². The van der Waals surface area contributed by atoms with E-state index >= 15 is 0 Å². The summed E-state index contributed by atoms with van der Waals surface area (Å²) < 4.78 is 7.98. The van der Waals surface area contributed by atoms with Crippen LogP contribution in [0, 0.1) is 24.2 Å². The Balaban J connectivity index is 1.86. The maximum atomic E-state index is 9.89. The summed E-state index contributed by atoms with van der Waals surface area (Å²) in [5.41, 5.74) is 9.57. The summed E-state index contributed by atoms with van der Waals surface area (Å²) >= 11 is 6.63. The first-order chi connectivity index (χ1) is 15.4. The highest BCUT2D eigenvalue weighted by atomic mass is 35.5. The summed E-state index contributed by atoms with van der Waals surface area (Å²) in [6.45, 7) is 10.3. The molecule has 1 atom stereocenters. The van der Waals surface area contributed by atoms with Crippen molar-refractivity contribution in [3.63, 3.8) is 0 Å². The number of anilines is 2. The zero-order chi connectivity index (χ0) is 23.0. The van der Waals surface area contributed by atoms with Crippen molar-refractivity contribution in [3.05, 3.63) is 34.2 Å². The fraction of sp³-hybridized carbons (Fsp3) is 0.478. The smallest absolute Gasteiger partial charge is 0.164 e. The van der Waals surface area contributed by atoms with Gasteiger partial charge in [0, 0.05) is 18.7 Å². The van der Waals surface area contributed by atoms with E-state index in [0.29, 0.717) is 40.3 Å². The van der Waals surface area contributed by atoms with Crippen LogP contribution in [0.25, 0.3) is 11.0 Å². The fourth-order valence-electron chi connectivity index (χ4n) is 4.57. The van der Waals surface area contributed by atoms with Crippen molar-refractivity contribution < 1.29 is 4.74 Å². The first-order valence-electron chi connectivity index (χ1n) is 11.0. The zero-order valence-corrected chi connectivity index (χ0v) is 19.6. The van der Waals surface area contributed by atoms with Crippen LogP contribution in [0.5, 0.6) is 5.75 Å². The molecule has 1 aromatic carbocycles.